The zero-order valence-electron chi connectivity index (χ0n) is 32.7. The number of hydrogen-bond acceptors (Lipinski definition) is 7. The van der Waals surface area contributed by atoms with Crippen LogP contribution in [0.4, 0.5) is 5.69 Å². The van der Waals surface area contributed by atoms with E-state index in [9.17, 15) is 18.0 Å². The van der Waals surface area contributed by atoms with E-state index in [0.717, 1.165) is 16.7 Å². The van der Waals surface area contributed by atoms with E-state index in [1.165, 1.54) is 11.4 Å². The van der Waals surface area contributed by atoms with Crippen LogP contribution in [0.25, 0.3) is 11.1 Å². The number of carbonyl (C=O) groups is 2. The van der Waals surface area contributed by atoms with Crippen molar-refractivity contribution in [2.75, 3.05) is 23.4 Å². The Hall–Kier alpha value is -6.43. The molecule has 1 aromatic heterocycles. The summed E-state index contributed by atoms with van der Waals surface area (Å²) in [5.74, 6) is -0.390. The van der Waals surface area contributed by atoms with Crippen molar-refractivity contribution in [3.05, 3.63) is 210 Å². The first-order valence-electron chi connectivity index (χ1n) is 19.1. The number of sulfonamides is 1. The van der Waals surface area contributed by atoms with Gasteiger partial charge in [0.2, 0.25) is 0 Å². The van der Waals surface area contributed by atoms with Crippen molar-refractivity contribution in [1.82, 2.24) is 14.9 Å². The summed E-state index contributed by atoms with van der Waals surface area (Å²) in [5, 5.41) is 2.86. The zero-order valence-corrected chi connectivity index (χ0v) is 34.4. The molecule has 9 nitrogen and oxygen atoms in total. The molecular formula is C48H44N4O5S2. The van der Waals surface area contributed by atoms with Crippen LogP contribution in [0.15, 0.2) is 187 Å². The average molecular weight is 821 g/mol. The number of esters is 1. The second kappa shape index (κ2) is 18.4. The molecule has 0 bridgehead atoms. The molecule has 0 spiro atoms. The molecule has 298 valence electrons. The first-order valence-corrected chi connectivity index (χ1v) is 22.0. The lowest BCUT2D eigenvalue weighted by Gasteiger charge is -2.37. The van der Waals surface area contributed by atoms with E-state index in [1.807, 2.05) is 102 Å². The number of benzene rings is 6. The number of nitrogens with zero attached hydrogens (tertiary/aromatic N) is 3. The number of rotatable bonds is 16. The normalized spacial score (nSPS) is 12.0. The van der Waals surface area contributed by atoms with Crippen LogP contribution < -0.4 is 9.62 Å². The molecule has 1 heterocycles. The quantitative estimate of drug-likeness (QED) is 0.0767. The Balaban J connectivity index is 1.36. The smallest absolute Gasteiger partial charge is 0.328 e. The number of methoxy groups -OCH3 is 1. The highest BCUT2D eigenvalue weighted by atomic mass is 32.2. The number of thioether (sulfide) groups is 1. The predicted octanol–water partition coefficient (Wildman–Crippen LogP) is 8.81. The molecule has 1 N–H and O–H groups in total. The Kier molecular flexibility index (Phi) is 12.7. The van der Waals surface area contributed by atoms with Crippen molar-refractivity contribution < 1.29 is 22.7 Å². The molecule has 1 amide bonds. The van der Waals surface area contributed by atoms with Crippen LogP contribution in [0.2, 0.25) is 0 Å². The zero-order chi connectivity index (χ0) is 41.2. The molecule has 0 aliphatic heterocycles. The summed E-state index contributed by atoms with van der Waals surface area (Å²) < 4.78 is 37.9. The number of anilines is 1. The fourth-order valence-corrected chi connectivity index (χ4v) is 9.32. The fraction of sp³-hybridized carbons (Fsp3) is 0.146. The van der Waals surface area contributed by atoms with Crippen LogP contribution >= 0.6 is 11.8 Å². The SMILES string of the molecule is COC(=O)[C@H](CCSC)NC(=O)c1ccc(N(Cc2cn(C(c3ccccc3)(c3ccccc3)c3ccccc3)cn2)S(=O)(=O)c2ccccc2)cc1-c1ccccc1. The van der Waals surface area contributed by atoms with Gasteiger partial charge in [0.05, 0.1) is 36.3 Å². The van der Waals surface area contributed by atoms with Crippen molar-refractivity contribution in [3.63, 3.8) is 0 Å². The largest absolute Gasteiger partial charge is 0.467 e. The van der Waals surface area contributed by atoms with Gasteiger partial charge in [-0.3, -0.25) is 9.10 Å². The number of amides is 1. The van der Waals surface area contributed by atoms with Gasteiger partial charge in [-0.05, 0) is 76.6 Å². The van der Waals surface area contributed by atoms with Crippen LogP contribution in [0.1, 0.15) is 39.2 Å². The summed E-state index contributed by atoms with van der Waals surface area (Å²) >= 11 is 1.56. The van der Waals surface area contributed by atoms with E-state index in [2.05, 4.69) is 41.7 Å². The van der Waals surface area contributed by atoms with E-state index in [-0.39, 0.29) is 17.0 Å². The van der Waals surface area contributed by atoms with Gasteiger partial charge in [0.25, 0.3) is 15.9 Å². The Morgan fingerprint density at radius 2 is 1.29 bits per heavy atom. The minimum atomic E-state index is -4.19. The molecule has 0 saturated heterocycles. The van der Waals surface area contributed by atoms with E-state index >= 15 is 0 Å². The molecule has 7 aromatic rings. The minimum absolute atomic E-state index is 0.101. The lowest BCUT2D eigenvalue weighted by atomic mass is 9.77. The van der Waals surface area contributed by atoms with Crippen molar-refractivity contribution in [2.45, 2.75) is 29.4 Å². The molecule has 0 saturated carbocycles. The third-order valence-electron chi connectivity index (χ3n) is 10.3. The summed E-state index contributed by atoms with van der Waals surface area (Å²) in [5.41, 5.74) is 4.42. The van der Waals surface area contributed by atoms with Crippen LogP contribution in [0.3, 0.4) is 0 Å². The van der Waals surface area contributed by atoms with Gasteiger partial charge in [-0.2, -0.15) is 11.8 Å². The third kappa shape index (κ3) is 8.57. The van der Waals surface area contributed by atoms with Gasteiger partial charge in [-0.15, -0.1) is 0 Å². The summed E-state index contributed by atoms with van der Waals surface area (Å²) in [7, 11) is -2.90. The molecule has 0 radical (unpaired) electrons. The maximum absolute atomic E-state index is 14.8. The number of ether oxygens (including phenoxy) is 1. The van der Waals surface area contributed by atoms with Gasteiger partial charge >= 0.3 is 5.97 Å². The highest BCUT2D eigenvalue weighted by Gasteiger charge is 2.39. The number of hydrogen-bond donors (Lipinski definition) is 1. The maximum atomic E-state index is 14.8. The van der Waals surface area contributed by atoms with Gasteiger partial charge in [-0.1, -0.05) is 140 Å². The standard InChI is InChI=1S/C48H44N4O5S2/c1-57-47(54)45(30-31-58-2)50-46(53)43-29-28-41(32-44(43)36-18-8-3-9-19-36)52(59(55,56)42-26-16-7-17-27-42)34-40-33-51(35-49-40)48(37-20-10-4-11-21-37,38-22-12-5-13-23-38)39-24-14-6-15-25-39/h3-29,32-33,35,45H,30-31,34H2,1-2H3,(H,50,53)/t45-/m0/s1. The summed E-state index contributed by atoms with van der Waals surface area (Å²) in [6, 6.07) is 52.2. The van der Waals surface area contributed by atoms with E-state index < -0.39 is 33.5 Å². The molecule has 1 atom stereocenters. The van der Waals surface area contributed by atoms with Crippen molar-refractivity contribution in [3.8, 4) is 11.1 Å². The first kappa shape index (κ1) is 40.8. The monoisotopic (exact) mass is 820 g/mol. The van der Waals surface area contributed by atoms with Gasteiger partial charge in [0.15, 0.2) is 0 Å². The molecular weight excluding hydrogens is 777 g/mol. The maximum Gasteiger partial charge on any atom is 0.328 e. The number of carbonyl (C=O) groups excluding carboxylic acids is 2. The van der Waals surface area contributed by atoms with E-state index in [1.54, 1.807) is 66.6 Å². The minimum Gasteiger partial charge on any atom is -0.467 e. The Morgan fingerprint density at radius 1 is 0.763 bits per heavy atom. The second-order valence-corrected chi connectivity index (χ2v) is 16.7. The van der Waals surface area contributed by atoms with Crippen LogP contribution in [-0.2, 0) is 31.6 Å². The molecule has 0 fully saturated rings. The molecule has 59 heavy (non-hydrogen) atoms. The average Bonchev–Trinajstić information content (AvgIpc) is 3.77. The Labute approximate surface area is 349 Å². The van der Waals surface area contributed by atoms with Gasteiger partial charge in [0, 0.05) is 11.8 Å². The third-order valence-corrected chi connectivity index (χ3v) is 12.7. The predicted molar refractivity (Wildman–Crippen MR) is 235 cm³/mol. The molecule has 7 rings (SSSR count). The van der Waals surface area contributed by atoms with E-state index in [4.69, 9.17) is 9.72 Å². The summed E-state index contributed by atoms with van der Waals surface area (Å²) in [4.78, 5) is 31.7. The molecule has 0 aliphatic rings. The summed E-state index contributed by atoms with van der Waals surface area (Å²) in [6.07, 6.45) is 5.97. The van der Waals surface area contributed by atoms with E-state index in [0.29, 0.717) is 34.7 Å². The number of aromatic nitrogens is 2. The van der Waals surface area contributed by atoms with Crippen molar-refractivity contribution in [1.29, 1.82) is 0 Å². The second-order valence-electron chi connectivity index (χ2n) is 13.8. The molecule has 11 heteroatoms. The fourth-order valence-electron chi connectivity index (χ4n) is 7.40. The molecule has 0 unspecified atom stereocenters. The number of nitrogens with one attached hydrogen (secondary N) is 1. The van der Waals surface area contributed by atoms with Gasteiger partial charge in [0.1, 0.15) is 11.6 Å². The summed E-state index contributed by atoms with van der Waals surface area (Å²) in [6.45, 7) is -0.127. The topological polar surface area (TPSA) is 111 Å². The van der Waals surface area contributed by atoms with Crippen LogP contribution in [-0.4, -0.2) is 55.0 Å². The Morgan fingerprint density at radius 3 is 1.81 bits per heavy atom. The molecule has 6 aromatic carbocycles. The van der Waals surface area contributed by atoms with Crippen molar-refractivity contribution in [2.24, 2.45) is 0 Å². The van der Waals surface area contributed by atoms with Gasteiger partial charge in [-0.25, -0.2) is 18.2 Å². The van der Waals surface area contributed by atoms with Crippen LogP contribution in [0.5, 0.6) is 0 Å². The van der Waals surface area contributed by atoms with Crippen LogP contribution in [0, 0.1) is 0 Å². The lowest BCUT2D eigenvalue weighted by Crippen LogP contribution is -2.42. The van der Waals surface area contributed by atoms with Gasteiger partial charge < -0.3 is 14.6 Å². The number of imidazole rings is 1. The van der Waals surface area contributed by atoms with Crippen molar-refractivity contribution >= 4 is 39.3 Å². The highest BCUT2D eigenvalue weighted by Crippen LogP contribution is 2.41. The highest BCUT2D eigenvalue weighted by molar-refractivity contribution is 7.98. The first-order chi connectivity index (χ1) is 28.8. The Bertz CT molecular complexity index is 2490. The molecule has 0 aliphatic carbocycles. The lowest BCUT2D eigenvalue weighted by molar-refractivity contribution is -0.142.